The Bertz CT molecular complexity index is 1040. The Hall–Kier alpha value is -3.13. The maximum absolute atomic E-state index is 5.51. The van der Waals surface area contributed by atoms with Crippen molar-refractivity contribution in [2.24, 2.45) is 0 Å². The highest BCUT2D eigenvalue weighted by Gasteiger charge is 2.16. The van der Waals surface area contributed by atoms with Crippen LogP contribution in [0.4, 0.5) is 0 Å². The molecule has 128 valence electrons. The summed E-state index contributed by atoms with van der Waals surface area (Å²) >= 11 is 0. The van der Waals surface area contributed by atoms with E-state index >= 15 is 0 Å². The van der Waals surface area contributed by atoms with E-state index in [0.717, 1.165) is 34.7 Å². The van der Waals surface area contributed by atoms with Crippen LogP contribution in [0.2, 0.25) is 0 Å². The number of ether oxygens (including phenoxy) is 1. The zero-order valence-electron chi connectivity index (χ0n) is 15.1. The van der Waals surface area contributed by atoms with Crippen LogP contribution in [0.15, 0.2) is 78.9 Å². The van der Waals surface area contributed by atoms with Crippen molar-refractivity contribution >= 4 is 10.8 Å². The van der Waals surface area contributed by atoms with Gasteiger partial charge in [-0.2, -0.15) is 0 Å². The molecule has 2 nitrogen and oxygen atoms in total. The fraction of sp³-hybridized carbons (Fsp3) is 0.125. The lowest BCUT2D eigenvalue weighted by Gasteiger charge is -2.17. The summed E-state index contributed by atoms with van der Waals surface area (Å²) in [5.41, 5.74) is 5.59. The molecule has 0 bridgehead atoms. The van der Waals surface area contributed by atoms with E-state index in [2.05, 4.69) is 67.6 Å². The maximum atomic E-state index is 5.51. The van der Waals surface area contributed by atoms with Gasteiger partial charge in [0.2, 0.25) is 0 Å². The fourth-order valence-electron chi connectivity index (χ4n) is 3.46. The number of fused-ring (bicyclic) bond motifs is 1. The highest BCUT2D eigenvalue weighted by Crippen LogP contribution is 2.39. The predicted octanol–water partition coefficient (Wildman–Crippen LogP) is 6.14. The van der Waals surface area contributed by atoms with Crippen LogP contribution in [0, 0.1) is 0 Å². The van der Waals surface area contributed by atoms with Crippen molar-refractivity contribution in [2.45, 2.75) is 13.3 Å². The summed E-state index contributed by atoms with van der Waals surface area (Å²) in [6, 6.07) is 27.2. The first kappa shape index (κ1) is 16.3. The summed E-state index contributed by atoms with van der Waals surface area (Å²) in [5.74, 6) is 0.863. The Morgan fingerprint density at radius 2 is 1.42 bits per heavy atom. The second-order valence-electron chi connectivity index (χ2n) is 6.28. The summed E-state index contributed by atoms with van der Waals surface area (Å²) in [7, 11) is 1.71. The maximum Gasteiger partial charge on any atom is 0.119 e. The van der Waals surface area contributed by atoms with Crippen LogP contribution in [0.3, 0.4) is 0 Å². The Morgan fingerprint density at radius 3 is 2.04 bits per heavy atom. The standard InChI is InChI=1S/C24H21NO/c1-3-22-20-15-14-19(26-2)16-21(20)23(17-10-6-4-7-11-17)24(25-22)18-12-8-5-9-13-18/h4-16H,3H2,1-2H3. The van der Waals surface area contributed by atoms with Crippen LogP contribution < -0.4 is 4.74 Å². The van der Waals surface area contributed by atoms with Gasteiger partial charge in [-0.25, -0.2) is 0 Å². The molecule has 4 rings (SSSR count). The highest BCUT2D eigenvalue weighted by molar-refractivity contribution is 6.04. The molecule has 2 heteroatoms. The summed E-state index contributed by atoms with van der Waals surface area (Å²) in [5, 5.41) is 2.37. The van der Waals surface area contributed by atoms with Crippen LogP contribution >= 0.6 is 0 Å². The quantitative estimate of drug-likeness (QED) is 0.445. The molecule has 0 aliphatic heterocycles. The molecule has 1 aromatic heterocycles. The third-order valence-electron chi connectivity index (χ3n) is 4.74. The number of hydrogen-bond acceptors (Lipinski definition) is 2. The first-order valence-corrected chi connectivity index (χ1v) is 8.93. The minimum Gasteiger partial charge on any atom is -0.497 e. The molecule has 0 unspecified atom stereocenters. The first-order chi connectivity index (χ1) is 12.8. The highest BCUT2D eigenvalue weighted by atomic mass is 16.5. The monoisotopic (exact) mass is 339 g/mol. The number of methoxy groups -OCH3 is 1. The molecule has 0 saturated carbocycles. The van der Waals surface area contributed by atoms with Gasteiger partial charge in [0.1, 0.15) is 5.75 Å². The third kappa shape index (κ3) is 2.84. The largest absolute Gasteiger partial charge is 0.497 e. The normalized spacial score (nSPS) is 10.8. The average molecular weight is 339 g/mol. The first-order valence-electron chi connectivity index (χ1n) is 8.93. The number of benzene rings is 3. The van der Waals surface area contributed by atoms with Gasteiger partial charge in [-0.05, 0) is 35.6 Å². The molecule has 0 spiro atoms. The van der Waals surface area contributed by atoms with Crippen molar-refractivity contribution in [1.82, 2.24) is 4.98 Å². The number of aromatic nitrogens is 1. The number of nitrogens with zero attached hydrogens (tertiary/aromatic N) is 1. The molecular weight excluding hydrogens is 318 g/mol. The van der Waals surface area contributed by atoms with E-state index in [1.807, 2.05) is 18.2 Å². The number of rotatable bonds is 4. The van der Waals surface area contributed by atoms with Gasteiger partial charge in [0, 0.05) is 22.2 Å². The lowest BCUT2D eigenvalue weighted by atomic mass is 9.92. The van der Waals surface area contributed by atoms with E-state index in [0.29, 0.717) is 0 Å². The van der Waals surface area contributed by atoms with Crippen molar-refractivity contribution in [2.75, 3.05) is 7.11 Å². The van der Waals surface area contributed by atoms with Crippen molar-refractivity contribution in [3.05, 3.63) is 84.6 Å². The third-order valence-corrected chi connectivity index (χ3v) is 4.74. The van der Waals surface area contributed by atoms with Gasteiger partial charge in [-0.3, -0.25) is 4.98 Å². The molecule has 0 aliphatic rings. The molecular formula is C24H21NO. The van der Waals surface area contributed by atoms with Crippen LogP contribution in [0.25, 0.3) is 33.2 Å². The van der Waals surface area contributed by atoms with Crippen molar-refractivity contribution < 1.29 is 4.74 Å². The van der Waals surface area contributed by atoms with E-state index in [4.69, 9.17) is 9.72 Å². The van der Waals surface area contributed by atoms with Crippen LogP contribution in [-0.2, 0) is 6.42 Å². The second kappa shape index (κ2) is 7.01. The Balaban J connectivity index is 2.15. The van der Waals surface area contributed by atoms with Crippen LogP contribution in [0.1, 0.15) is 12.6 Å². The second-order valence-corrected chi connectivity index (χ2v) is 6.28. The Labute approximate surface area is 154 Å². The topological polar surface area (TPSA) is 22.1 Å². The number of aryl methyl sites for hydroxylation is 1. The summed E-state index contributed by atoms with van der Waals surface area (Å²) in [4.78, 5) is 5.08. The number of pyridine rings is 1. The SMILES string of the molecule is CCc1nc(-c2ccccc2)c(-c2ccccc2)c2cc(OC)ccc12. The van der Waals surface area contributed by atoms with Gasteiger partial charge in [0.25, 0.3) is 0 Å². The van der Waals surface area contributed by atoms with E-state index in [1.165, 1.54) is 16.3 Å². The molecule has 0 N–H and O–H groups in total. The molecule has 0 radical (unpaired) electrons. The van der Waals surface area contributed by atoms with E-state index < -0.39 is 0 Å². The van der Waals surface area contributed by atoms with Gasteiger partial charge in [-0.15, -0.1) is 0 Å². The molecule has 0 amide bonds. The zero-order chi connectivity index (χ0) is 17.9. The molecule has 26 heavy (non-hydrogen) atoms. The van der Waals surface area contributed by atoms with E-state index in [1.54, 1.807) is 7.11 Å². The predicted molar refractivity (Wildman–Crippen MR) is 109 cm³/mol. The molecule has 4 aromatic rings. The summed E-state index contributed by atoms with van der Waals surface area (Å²) in [6.45, 7) is 2.16. The van der Waals surface area contributed by atoms with Crippen molar-refractivity contribution in [3.63, 3.8) is 0 Å². The molecule has 0 saturated heterocycles. The molecule has 1 heterocycles. The smallest absolute Gasteiger partial charge is 0.119 e. The Morgan fingerprint density at radius 1 is 0.769 bits per heavy atom. The molecule has 3 aromatic carbocycles. The van der Waals surface area contributed by atoms with E-state index in [-0.39, 0.29) is 0 Å². The molecule has 0 fully saturated rings. The minimum atomic E-state index is 0.863. The minimum absolute atomic E-state index is 0.863. The summed E-state index contributed by atoms with van der Waals surface area (Å²) in [6.07, 6.45) is 0.887. The fourth-order valence-corrected chi connectivity index (χ4v) is 3.46. The molecule has 0 aliphatic carbocycles. The zero-order valence-corrected chi connectivity index (χ0v) is 15.1. The lowest BCUT2D eigenvalue weighted by molar-refractivity contribution is 0.415. The average Bonchev–Trinajstić information content (AvgIpc) is 2.73. The lowest BCUT2D eigenvalue weighted by Crippen LogP contribution is -1.98. The number of hydrogen-bond donors (Lipinski definition) is 0. The van der Waals surface area contributed by atoms with Gasteiger partial charge in [-0.1, -0.05) is 67.6 Å². The van der Waals surface area contributed by atoms with Gasteiger partial charge in [0.15, 0.2) is 0 Å². The van der Waals surface area contributed by atoms with Crippen molar-refractivity contribution in [1.29, 1.82) is 0 Å². The van der Waals surface area contributed by atoms with Gasteiger partial charge < -0.3 is 4.74 Å². The van der Waals surface area contributed by atoms with Crippen LogP contribution in [-0.4, -0.2) is 12.1 Å². The summed E-state index contributed by atoms with van der Waals surface area (Å²) < 4.78 is 5.51. The van der Waals surface area contributed by atoms with Gasteiger partial charge in [0.05, 0.1) is 12.8 Å². The molecule has 0 atom stereocenters. The van der Waals surface area contributed by atoms with Gasteiger partial charge >= 0.3 is 0 Å². The van der Waals surface area contributed by atoms with Crippen LogP contribution in [0.5, 0.6) is 5.75 Å². The van der Waals surface area contributed by atoms with Crippen molar-refractivity contribution in [3.8, 4) is 28.1 Å². The Kier molecular flexibility index (Phi) is 4.40. The van der Waals surface area contributed by atoms with E-state index in [9.17, 15) is 0 Å².